The molecule has 1 aromatic heterocycles. The van der Waals surface area contributed by atoms with E-state index < -0.39 is 0 Å². The summed E-state index contributed by atoms with van der Waals surface area (Å²) in [5.41, 5.74) is 1.46. The van der Waals surface area contributed by atoms with Crippen molar-refractivity contribution in [3.8, 4) is 0 Å². The van der Waals surface area contributed by atoms with Gasteiger partial charge in [-0.25, -0.2) is 4.79 Å². The Kier molecular flexibility index (Phi) is 4.68. The highest BCUT2D eigenvalue weighted by Gasteiger charge is 2.40. The first kappa shape index (κ1) is 18.5. The molecule has 4 aliphatic rings. The largest absolute Gasteiger partial charge is 0.340 e. The van der Waals surface area contributed by atoms with E-state index in [9.17, 15) is 14.4 Å². The standard InChI is InChI=1S/C22H28N4O3/c27-20(10-11-25-19-7-2-1-6-18(19)23-22(25)29)26-13-15-8-9-17(26)14-24(12-15)21(28)16-4-3-5-16/h1-2,6-7,15-17H,3-5,8-14H2,(H,23,29). The summed E-state index contributed by atoms with van der Waals surface area (Å²) >= 11 is 0. The van der Waals surface area contributed by atoms with Gasteiger partial charge in [0.05, 0.1) is 11.0 Å². The molecule has 0 radical (unpaired) electrons. The van der Waals surface area contributed by atoms with E-state index in [0.717, 1.165) is 56.2 Å². The number of rotatable bonds is 4. The summed E-state index contributed by atoms with van der Waals surface area (Å²) in [6, 6.07) is 7.67. The zero-order valence-corrected chi connectivity index (χ0v) is 16.7. The number of carbonyl (C=O) groups excluding carboxylic acids is 2. The third-order valence-electron chi connectivity index (χ3n) is 7.03. The van der Waals surface area contributed by atoms with E-state index in [4.69, 9.17) is 0 Å². The monoisotopic (exact) mass is 396 g/mol. The molecule has 29 heavy (non-hydrogen) atoms. The Balaban J connectivity index is 1.27. The van der Waals surface area contributed by atoms with Gasteiger partial charge in [0.2, 0.25) is 11.8 Å². The zero-order valence-electron chi connectivity index (χ0n) is 16.7. The number of fused-ring (bicyclic) bond motifs is 5. The first-order chi connectivity index (χ1) is 14.1. The minimum absolute atomic E-state index is 0.0924. The lowest BCUT2D eigenvalue weighted by Gasteiger charge is -2.36. The van der Waals surface area contributed by atoms with E-state index in [1.165, 1.54) is 0 Å². The van der Waals surface area contributed by atoms with Crippen LogP contribution in [0.5, 0.6) is 0 Å². The summed E-state index contributed by atoms with van der Waals surface area (Å²) in [7, 11) is 0. The van der Waals surface area contributed by atoms with Crippen molar-refractivity contribution in [1.29, 1.82) is 0 Å². The number of para-hydroxylation sites is 2. The van der Waals surface area contributed by atoms with Gasteiger partial charge in [0, 0.05) is 44.6 Å². The van der Waals surface area contributed by atoms with Crippen molar-refractivity contribution in [2.75, 3.05) is 19.6 Å². The molecule has 7 nitrogen and oxygen atoms in total. The summed E-state index contributed by atoms with van der Waals surface area (Å²) in [5, 5.41) is 0. The van der Waals surface area contributed by atoms with Crippen LogP contribution in [0.2, 0.25) is 0 Å². The fourth-order valence-corrected chi connectivity index (χ4v) is 5.16. The molecule has 3 saturated heterocycles. The molecule has 2 unspecified atom stereocenters. The molecule has 3 aliphatic heterocycles. The Bertz CT molecular complexity index is 989. The minimum atomic E-state index is -0.173. The van der Waals surface area contributed by atoms with E-state index >= 15 is 0 Å². The topological polar surface area (TPSA) is 78.4 Å². The highest BCUT2D eigenvalue weighted by Crippen LogP contribution is 2.33. The lowest BCUT2D eigenvalue weighted by atomic mass is 9.84. The van der Waals surface area contributed by atoms with Crippen molar-refractivity contribution in [3.63, 3.8) is 0 Å². The molecule has 1 N–H and O–H groups in total. The van der Waals surface area contributed by atoms with E-state index in [0.29, 0.717) is 31.3 Å². The predicted molar refractivity (Wildman–Crippen MR) is 109 cm³/mol. The van der Waals surface area contributed by atoms with Crippen LogP contribution in [0.15, 0.2) is 29.1 Å². The van der Waals surface area contributed by atoms with Crippen LogP contribution in [-0.4, -0.2) is 56.8 Å². The average molecular weight is 396 g/mol. The lowest BCUT2D eigenvalue weighted by Crippen LogP contribution is -2.48. The highest BCUT2D eigenvalue weighted by molar-refractivity contribution is 5.81. The van der Waals surface area contributed by atoms with Gasteiger partial charge in [-0.1, -0.05) is 18.6 Å². The average Bonchev–Trinajstić information content (AvgIpc) is 2.83. The van der Waals surface area contributed by atoms with Crippen molar-refractivity contribution < 1.29 is 9.59 Å². The number of imidazole rings is 1. The minimum Gasteiger partial charge on any atom is -0.340 e. The normalized spacial score (nSPS) is 24.6. The summed E-state index contributed by atoms with van der Waals surface area (Å²) in [6.07, 6.45) is 5.57. The molecular weight excluding hydrogens is 368 g/mol. The number of aromatic nitrogens is 2. The molecule has 6 rings (SSSR count). The molecule has 154 valence electrons. The van der Waals surface area contributed by atoms with E-state index in [2.05, 4.69) is 4.98 Å². The Hall–Kier alpha value is -2.57. The Morgan fingerprint density at radius 1 is 1.03 bits per heavy atom. The van der Waals surface area contributed by atoms with Crippen molar-refractivity contribution >= 4 is 22.8 Å². The second kappa shape index (κ2) is 7.35. The fourth-order valence-electron chi connectivity index (χ4n) is 5.16. The SMILES string of the molecule is O=C(C1CCC1)N1CC2CCC(C1)N(C(=O)CCn1c(=O)[nH]c3ccccc31)C2. The first-order valence-electron chi connectivity index (χ1n) is 10.9. The van der Waals surface area contributed by atoms with Crippen molar-refractivity contribution in [3.05, 3.63) is 34.7 Å². The first-order valence-corrected chi connectivity index (χ1v) is 10.9. The molecule has 4 heterocycles. The van der Waals surface area contributed by atoms with Crippen LogP contribution in [0.25, 0.3) is 11.0 Å². The van der Waals surface area contributed by atoms with Crippen LogP contribution in [0.4, 0.5) is 0 Å². The Morgan fingerprint density at radius 3 is 2.66 bits per heavy atom. The summed E-state index contributed by atoms with van der Waals surface area (Å²) in [6.45, 7) is 2.57. The quantitative estimate of drug-likeness (QED) is 0.858. The van der Waals surface area contributed by atoms with Gasteiger partial charge in [0.1, 0.15) is 0 Å². The van der Waals surface area contributed by atoms with Gasteiger partial charge < -0.3 is 14.8 Å². The number of aromatic amines is 1. The number of carbonyl (C=O) groups is 2. The molecule has 1 aromatic carbocycles. The summed E-state index contributed by atoms with van der Waals surface area (Å²) in [4.78, 5) is 44.9. The lowest BCUT2D eigenvalue weighted by molar-refractivity contribution is -0.140. The Morgan fingerprint density at radius 2 is 1.86 bits per heavy atom. The molecule has 0 spiro atoms. The molecule has 1 saturated carbocycles. The van der Waals surface area contributed by atoms with E-state index in [1.54, 1.807) is 4.57 Å². The third-order valence-corrected chi connectivity index (χ3v) is 7.03. The van der Waals surface area contributed by atoms with Gasteiger partial charge in [-0.2, -0.15) is 0 Å². The number of nitrogens with one attached hydrogen (secondary N) is 1. The maximum absolute atomic E-state index is 13.1. The molecule has 2 aromatic rings. The van der Waals surface area contributed by atoms with Crippen LogP contribution in [0.3, 0.4) is 0 Å². The highest BCUT2D eigenvalue weighted by atomic mass is 16.2. The molecule has 2 atom stereocenters. The van der Waals surface area contributed by atoms with Crippen molar-refractivity contribution in [2.45, 2.75) is 51.1 Å². The summed E-state index contributed by atoms with van der Waals surface area (Å²) < 4.78 is 1.65. The number of amides is 2. The number of hydrogen-bond acceptors (Lipinski definition) is 3. The van der Waals surface area contributed by atoms with E-state index in [1.807, 2.05) is 34.1 Å². The second-order valence-electron chi connectivity index (χ2n) is 8.86. The van der Waals surface area contributed by atoms with Crippen LogP contribution in [0, 0.1) is 11.8 Å². The summed E-state index contributed by atoms with van der Waals surface area (Å²) in [5.74, 6) is 0.977. The van der Waals surface area contributed by atoms with Gasteiger partial charge in [0.25, 0.3) is 0 Å². The fraction of sp³-hybridized carbons (Fsp3) is 0.591. The van der Waals surface area contributed by atoms with Crippen molar-refractivity contribution in [2.24, 2.45) is 11.8 Å². The second-order valence-corrected chi connectivity index (χ2v) is 8.86. The molecule has 7 heteroatoms. The predicted octanol–water partition coefficient (Wildman–Crippen LogP) is 1.97. The number of nitrogens with zero attached hydrogens (tertiary/aromatic N) is 3. The molecule has 2 bridgehead atoms. The number of benzene rings is 1. The van der Waals surface area contributed by atoms with Gasteiger partial charge in [-0.05, 0) is 43.7 Å². The number of aryl methyl sites for hydroxylation is 1. The number of piperidine rings is 1. The number of hydrogen-bond donors (Lipinski definition) is 1. The molecule has 4 fully saturated rings. The Labute approximate surface area is 169 Å². The molecular formula is C22H28N4O3. The van der Waals surface area contributed by atoms with Gasteiger partial charge >= 0.3 is 5.69 Å². The van der Waals surface area contributed by atoms with Gasteiger partial charge in [-0.15, -0.1) is 0 Å². The van der Waals surface area contributed by atoms with Crippen LogP contribution in [-0.2, 0) is 16.1 Å². The number of H-pyrrole nitrogens is 1. The van der Waals surface area contributed by atoms with E-state index in [-0.39, 0.29) is 23.6 Å². The van der Waals surface area contributed by atoms with Crippen LogP contribution >= 0.6 is 0 Å². The molecule has 1 aliphatic carbocycles. The van der Waals surface area contributed by atoms with Crippen molar-refractivity contribution in [1.82, 2.24) is 19.4 Å². The third kappa shape index (κ3) is 3.36. The maximum atomic E-state index is 13.1. The smallest absolute Gasteiger partial charge is 0.326 e. The van der Waals surface area contributed by atoms with Crippen LogP contribution < -0.4 is 5.69 Å². The zero-order chi connectivity index (χ0) is 20.0. The van der Waals surface area contributed by atoms with Crippen LogP contribution in [0.1, 0.15) is 38.5 Å². The van der Waals surface area contributed by atoms with Gasteiger partial charge in [0.15, 0.2) is 0 Å². The van der Waals surface area contributed by atoms with Gasteiger partial charge in [-0.3, -0.25) is 14.2 Å². The maximum Gasteiger partial charge on any atom is 0.326 e. The molecule has 2 amide bonds.